The van der Waals surface area contributed by atoms with Gasteiger partial charge in [0.1, 0.15) is 17.0 Å². The second kappa shape index (κ2) is 5.71. The lowest BCUT2D eigenvalue weighted by atomic mass is 9.81. The molecule has 0 bridgehead atoms. The Kier molecular flexibility index (Phi) is 4.00. The minimum absolute atomic E-state index is 0.00646. The molecule has 2 aliphatic heterocycles. The summed E-state index contributed by atoms with van der Waals surface area (Å²) in [6.07, 6.45) is 2.13. The molecule has 5 nitrogen and oxygen atoms in total. The van der Waals surface area contributed by atoms with E-state index in [0.717, 1.165) is 30.6 Å². The topological polar surface area (TPSA) is 64.8 Å². The van der Waals surface area contributed by atoms with Crippen molar-refractivity contribution in [1.82, 2.24) is 4.90 Å². The van der Waals surface area contributed by atoms with Gasteiger partial charge in [0.2, 0.25) is 0 Å². The number of para-hydroxylation sites is 1. The minimum atomic E-state index is -0.463. The van der Waals surface area contributed by atoms with Gasteiger partial charge in [0.25, 0.3) is 0 Å². The average Bonchev–Trinajstić information content (AvgIpc) is 2.46. The molecule has 1 fully saturated rings. The fourth-order valence-electron chi connectivity index (χ4n) is 3.39. The number of ether oxygens (including phenoxy) is 2. The van der Waals surface area contributed by atoms with Crippen molar-refractivity contribution in [2.24, 2.45) is 5.73 Å². The van der Waals surface area contributed by atoms with Gasteiger partial charge in [-0.3, -0.25) is 0 Å². The van der Waals surface area contributed by atoms with Gasteiger partial charge in [0, 0.05) is 44.0 Å². The lowest BCUT2D eigenvalue weighted by molar-refractivity contribution is -0.0320. The molecule has 3 rings (SSSR count). The van der Waals surface area contributed by atoms with Gasteiger partial charge in [0.15, 0.2) is 0 Å². The maximum Gasteiger partial charge on any atom is 0.410 e. The Bertz CT molecular complexity index is 586. The lowest BCUT2D eigenvalue weighted by Gasteiger charge is -2.46. The first kappa shape index (κ1) is 16.1. The summed E-state index contributed by atoms with van der Waals surface area (Å²) in [5.74, 6) is 0.886. The molecule has 1 atom stereocenters. The summed E-state index contributed by atoms with van der Waals surface area (Å²) in [6, 6.07) is 7.97. The van der Waals surface area contributed by atoms with E-state index in [1.54, 1.807) is 4.90 Å². The fourth-order valence-corrected chi connectivity index (χ4v) is 3.39. The van der Waals surface area contributed by atoms with E-state index in [9.17, 15) is 4.79 Å². The summed E-state index contributed by atoms with van der Waals surface area (Å²) < 4.78 is 11.8. The molecule has 126 valence electrons. The Balaban J connectivity index is 1.66. The van der Waals surface area contributed by atoms with Crippen molar-refractivity contribution < 1.29 is 14.3 Å². The van der Waals surface area contributed by atoms with Gasteiger partial charge in [-0.25, -0.2) is 4.79 Å². The van der Waals surface area contributed by atoms with E-state index in [4.69, 9.17) is 15.2 Å². The first-order valence-electron chi connectivity index (χ1n) is 8.29. The number of carbonyl (C=O) groups is 1. The van der Waals surface area contributed by atoms with E-state index in [1.165, 1.54) is 0 Å². The van der Waals surface area contributed by atoms with Gasteiger partial charge in [-0.05, 0) is 26.8 Å². The lowest BCUT2D eigenvalue weighted by Crippen LogP contribution is -2.53. The van der Waals surface area contributed by atoms with Crippen LogP contribution in [0.5, 0.6) is 5.75 Å². The van der Waals surface area contributed by atoms with Crippen molar-refractivity contribution >= 4 is 6.09 Å². The van der Waals surface area contributed by atoms with Crippen LogP contribution in [0.15, 0.2) is 24.3 Å². The number of likely N-dealkylation sites (tertiary alicyclic amines) is 1. The number of fused-ring (bicyclic) bond motifs is 1. The Hall–Kier alpha value is -1.75. The van der Waals surface area contributed by atoms with Crippen LogP contribution in [0, 0.1) is 0 Å². The number of carbonyl (C=O) groups excluding carboxylic acids is 1. The summed E-state index contributed by atoms with van der Waals surface area (Å²) in [5, 5.41) is 0. The summed E-state index contributed by atoms with van der Waals surface area (Å²) in [5.41, 5.74) is 6.70. The second-order valence-corrected chi connectivity index (χ2v) is 7.60. The zero-order valence-electron chi connectivity index (χ0n) is 14.2. The smallest absolute Gasteiger partial charge is 0.410 e. The Morgan fingerprint density at radius 3 is 2.61 bits per heavy atom. The number of nitrogens with zero attached hydrogens (tertiary/aromatic N) is 1. The molecule has 2 heterocycles. The molecule has 0 aromatic heterocycles. The van der Waals surface area contributed by atoms with Crippen LogP contribution in [0.3, 0.4) is 0 Å². The normalized spacial score (nSPS) is 23.1. The number of piperidine rings is 1. The predicted molar refractivity (Wildman–Crippen MR) is 88.4 cm³/mol. The molecule has 0 aliphatic carbocycles. The highest BCUT2D eigenvalue weighted by molar-refractivity contribution is 5.68. The number of hydrogen-bond donors (Lipinski definition) is 1. The molecule has 1 amide bonds. The number of hydrogen-bond acceptors (Lipinski definition) is 4. The van der Waals surface area contributed by atoms with E-state index >= 15 is 0 Å². The number of amides is 1. The van der Waals surface area contributed by atoms with E-state index in [1.807, 2.05) is 45.0 Å². The zero-order chi connectivity index (χ0) is 16.7. The first-order chi connectivity index (χ1) is 10.8. The van der Waals surface area contributed by atoms with Crippen molar-refractivity contribution in [2.45, 2.75) is 57.3 Å². The SMILES string of the molecule is CC(C)(C)OC(=O)N1CCC2(CC1)C[C@H](N)c1ccccc1O2. The molecule has 2 N–H and O–H groups in total. The number of rotatable bonds is 0. The van der Waals surface area contributed by atoms with E-state index in [0.29, 0.717) is 13.1 Å². The minimum Gasteiger partial charge on any atom is -0.487 e. The Morgan fingerprint density at radius 2 is 1.96 bits per heavy atom. The van der Waals surface area contributed by atoms with Gasteiger partial charge < -0.3 is 20.1 Å². The van der Waals surface area contributed by atoms with Crippen LogP contribution in [0.4, 0.5) is 4.79 Å². The van der Waals surface area contributed by atoms with Crippen molar-refractivity contribution in [3.05, 3.63) is 29.8 Å². The zero-order valence-corrected chi connectivity index (χ0v) is 14.2. The Labute approximate surface area is 137 Å². The highest BCUT2D eigenvalue weighted by Gasteiger charge is 2.43. The van der Waals surface area contributed by atoms with Gasteiger partial charge >= 0.3 is 6.09 Å². The van der Waals surface area contributed by atoms with Gasteiger partial charge in [0.05, 0.1) is 0 Å². The fraction of sp³-hybridized carbons (Fsp3) is 0.611. The average molecular weight is 318 g/mol. The molecular formula is C18H26N2O3. The van der Waals surface area contributed by atoms with Crippen molar-refractivity contribution in [3.63, 3.8) is 0 Å². The maximum absolute atomic E-state index is 12.2. The molecule has 1 aromatic rings. The van der Waals surface area contributed by atoms with Crippen LogP contribution in [0.1, 0.15) is 51.6 Å². The quantitative estimate of drug-likeness (QED) is 0.797. The molecule has 23 heavy (non-hydrogen) atoms. The van der Waals surface area contributed by atoms with Crippen LogP contribution in [0.2, 0.25) is 0 Å². The summed E-state index contributed by atoms with van der Waals surface area (Å²) in [4.78, 5) is 14.0. The molecule has 5 heteroatoms. The van der Waals surface area contributed by atoms with Crippen molar-refractivity contribution in [3.8, 4) is 5.75 Å². The van der Waals surface area contributed by atoms with Crippen LogP contribution in [-0.4, -0.2) is 35.3 Å². The largest absolute Gasteiger partial charge is 0.487 e. The third-order valence-corrected chi connectivity index (χ3v) is 4.56. The summed E-state index contributed by atoms with van der Waals surface area (Å²) >= 11 is 0. The Morgan fingerprint density at radius 1 is 1.30 bits per heavy atom. The molecular weight excluding hydrogens is 292 g/mol. The highest BCUT2D eigenvalue weighted by atomic mass is 16.6. The standard InChI is InChI=1S/C18H26N2O3/c1-17(2,3)23-16(21)20-10-8-18(9-11-20)12-14(19)13-6-4-5-7-15(13)22-18/h4-7,14H,8-12,19H2,1-3H3/t14-/m0/s1. The monoisotopic (exact) mass is 318 g/mol. The summed E-state index contributed by atoms with van der Waals surface area (Å²) in [6.45, 7) is 6.94. The van der Waals surface area contributed by atoms with E-state index < -0.39 is 5.60 Å². The molecule has 0 saturated carbocycles. The highest BCUT2D eigenvalue weighted by Crippen LogP contribution is 2.43. The molecule has 2 aliphatic rings. The van der Waals surface area contributed by atoms with E-state index in [2.05, 4.69) is 0 Å². The molecule has 0 radical (unpaired) electrons. The predicted octanol–water partition coefficient (Wildman–Crippen LogP) is 3.24. The molecule has 1 saturated heterocycles. The van der Waals surface area contributed by atoms with Gasteiger partial charge in [-0.1, -0.05) is 18.2 Å². The van der Waals surface area contributed by atoms with Crippen LogP contribution in [-0.2, 0) is 4.74 Å². The number of nitrogens with two attached hydrogens (primary N) is 1. The third kappa shape index (κ3) is 3.44. The molecule has 1 spiro atoms. The van der Waals surface area contributed by atoms with Crippen molar-refractivity contribution in [1.29, 1.82) is 0 Å². The van der Waals surface area contributed by atoms with Crippen LogP contribution in [0.25, 0.3) is 0 Å². The third-order valence-electron chi connectivity index (χ3n) is 4.56. The van der Waals surface area contributed by atoms with Crippen LogP contribution < -0.4 is 10.5 Å². The first-order valence-corrected chi connectivity index (χ1v) is 8.29. The van der Waals surface area contributed by atoms with Gasteiger partial charge in [-0.15, -0.1) is 0 Å². The van der Waals surface area contributed by atoms with Crippen LogP contribution >= 0.6 is 0 Å². The molecule has 0 unspecified atom stereocenters. The number of benzene rings is 1. The molecule has 1 aromatic carbocycles. The maximum atomic E-state index is 12.2. The van der Waals surface area contributed by atoms with E-state index in [-0.39, 0.29) is 17.7 Å². The summed E-state index contributed by atoms with van der Waals surface area (Å²) in [7, 11) is 0. The van der Waals surface area contributed by atoms with Crippen molar-refractivity contribution in [2.75, 3.05) is 13.1 Å². The second-order valence-electron chi connectivity index (χ2n) is 7.60. The van der Waals surface area contributed by atoms with Gasteiger partial charge in [-0.2, -0.15) is 0 Å².